The molecule has 1 aromatic rings. The fourth-order valence-electron chi connectivity index (χ4n) is 3.56. The number of aromatic nitrogens is 1. The van der Waals surface area contributed by atoms with Gasteiger partial charge in [-0.05, 0) is 39.3 Å². The Morgan fingerprint density at radius 2 is 2.24 bits per heavy atom. The van der Waals surface area contributed by atoms with Gasteiger partial charge in [-0.25, -0.2) is 0 Å². The summed E-state index contributed by atoms with van der Waals surface area (Å²) in [5, 5.41) is 3.12. The predicted molar refractivity (Wildman–Crippen MR) is 83.6 cm³/mol. The molecule has 0 spiro atoms. The van der Waals surface area contributed by atoms with Crippen LogP contribution >= 0.6 is 0 Å². The van der Waals surface area contributed by atoms with Gasteiger partial charge in [-0.1, -0.05) is 0 Å². The Labute approximate surface area is 126 Å². The van der Waals surface area contributed by atoms with E-state index in [-0.39, 0.29) is 11.9 Å². The van der Waals surface area contributed by atoms with Crippen LogP contribution in [0.5, 0.6) is 0 Å². The van der Waals surface area contributed by atoms with Crippen LogP contribution in [0.4, 0.5) is 5.69 Å². The number of pyridine rings is 1. The highest BCUT2D eigenvalue weighted by atomic mass is 16.2. The summed E-state index contributed by atoms with van der Waals surface area (Å²) in [6.07, 6.45) is 4.17. The van der Waals surface area contributed by atoms with Gasteiger partial charge in [0.2, 0.25) is 0 Å². The van der Waals surface area contributed by atoms with Crippen LogP contribution < -0.4 is 5.32 Å². The Bertz CT molecular complexity index is 545. The maximum atomic E-state index is 12.9. The van der Waals surface area contributed by atoms with Crippen molar-refractivity contribution in [2.75, 3.05) is 32.0 Å². The molecule has 1 amide bonds. The summed E-state index contributed by atoms with van der Waals surface area (Å²) in [6, 6.07) is 2.74. The summed E-state index contributed by atoms with van der Waals surface area (Å²) in [5.41, 5.74) is 2.47. The molecule has 5 nitrogen and oxygen atoms in total. The summed E-state index contributed by atoms with van der Waals surface area (Å²) in [7, 11) is 1.85. The Hall–Kier alpha value is -1.62. The van der Waals surface area contributed by atoms with E-state index in [0.717, 1.165) is 24.5 Å². The van der Waals surface area contributed by atoms with Gasteiger partial charge in [-0.2, -0.15) is 0 Å². The second-order valence-corrected chi connectivity index (χ2v) is 6.22. The number of piperazine rings is 1. The Kier molecular flexibility index (Phi) is 3.85. The highest BCUT2D eigenvalue weighted by Gasteiger charge is 2.37. The third kappa shape index (κ3) is 2.62. The van der Waals surface area contributed by atoms with Crippen LogP contribution in [0, 0.1) is 6.92 Å². The van der Waals surface area contributed by atoms with E-state index < -0.39 is 0 Å². The molecule has 5 heteroatoms. The molecule has 2 fully saturated rings. The normalized spacial score (nSPS) is 25.8. The van der Waals surface area contributed by atoms with Crippen molar-refractivity contribution in [3.8, 4) is 0 Å². The molecule has 3 heterocycles. The lowest BCUT2D eigenvalue weighted by atomic mass is 10.1. The third-order valence-electron chi connectivity index (χ3n) is 4.74. The number of nitrogens with zero attached hydrogens (tertiary/aromatic N) is 3. The minimum absolute atomic E-state index is 0.103. The molecular weight excluding hydrogens is 264 g/mol. The number of nitrogens with one attached hydrogen (secondary N) is 1. The van der Waals surface area contributed by atoms with Crippen molar-refractivity contribution < 1.29 is 4.79 Å². The summed E-state index contributed by atoms with van der Waals surface area (Å²) < 4.78 is 0. The third-order valence-corrected chi connectivity index (χ3v) is 4.74. The van der Waals surface area contributed by atoms with E-state index in [2.05, 4.69) is 22.1 Å². The van der Waals surface area contributed by atoms with Crippen molar-refractivity contribution in [3.05, 3.63) is 23.5 Å². The second kappa shape index (κ2) is 5.64. The molecule has 2 aliphatic heterocycles. The highest BCUT2D eigenvalue weighted by molar-refractivity contribution is 5.99. The molecule has 2 unspecified atom stereocenters. The Balaban J connectivity index is 1.84. The van der Waals surface area contributed by atoms with Crippen molar-refractivity contribution in [2.24, 2.45) is 0 Å². The molecule has 1 aromatic heterocycles. The lowest BCUT2D eigenvalue weighted by molar-refractivity contribution is 0.0396. The van der Waals surface area contributed by atoms with E-state index in [9.17, 15) is 4.79 Å². The van der Waals surface area contributed by atoms with E-state index in [1.165, 1.54) is 19.4 Å². The number of hydrogen-bond acceptors (Lipinski definition) is 4. The van der Waals surface area contributed by atoms with E-state index in [0.29, 0.717) is 11.6 Å². The van der Waals surface area contributed by atoms with Crippen LogP contribution in [-0.2, 0) is 0 Å². The van der Waals surface area contributed by atoms with E-state index in [1.54, 1.807) is 6.20 Å². The molecule has 0 aliphatic carbocycles. The first kappa shape index (κ1) is 14.3. The molecule has 0 saturated carbocycles. The van der Waals surface area contributed by atoms with E-state index in [1.807, 2.05) is 24.9 Å². The Morgan fingerprint density at radius 1 is 1.43 bits per heavy atom. The number of carbonyl (C=O) groups is 1. The number of carbonyl (C=O) groups excluding carboxylic acids is 1. The molecule has 0 radical (unpaired) electrons. The van der Waals surface area contributed by atoms with Crippen molar-refractivity contribution in [2.45, 2.75) is 38.8 Å². The second-order valence-electron chi connectivity index (χ2n) is 6.22. The van der Waals surface area contributed by atoms with Gasteiger partial charge in [-0.15, -0.1) is 0 Å². The lowest BCUT2D eigenvalue weighted by Crippen LogP contribution is -2.56. The molecule has 2 saturated heterocycles. The van der Waals surface area contributed by atoms with Gasteiger partial charge in [-0.3, -0.25) is 14.7 Å². The summed E-state index contributed by atoms with van der Waals surface area (Å²) in [5.74, 6) is 0.103. The Morgan fingerprint density at radius 3 is 3.00 bits per heavy atom. The van der Waals surface area contributed by atoms with Gasteiger partial charge in [0, 0.05) is 44.1 Å². The van der Waals surface area contributed by atoms with Crippen LogP contribution in [0.25, 0.3) is 0 Å². The number of hydrogen-bond donors (Lipinski definition) is 1. The smallest absolute Gasteiger partial charge is 0.257 e. The average molecular weight is 288 g/mol. The standard InChI is InChI=1S/C16H24N4O/c1-11-7-15(17-3)14(8-18-11)16(21)20-10-13-5-4-6-19(13)9-12(20)2/h7-8,12-13H,4-6,9-10H2,1-3H3,(H,17,18). The zero-order valence-electron chi connectivity index (χ0n) is 13.1. The molecule has 2 aliphatic rings. The fourth-order valence-corrected chi connectivity index (χ4v) is 3.56. The van der Waals surface area contributed by atoms with Crippen molar-refractivity contribution in [1.82, 2.24) is 14.8 Å². The van der Waals surface area contributed by atoms with E-state index >= 15 is 0 Å². The minimum atomic E-state index is 0.103. The minimum Gasteiger partial charge on any atom is -0.387 e. The van der Waals surface area contributed by atoms with E-state index in [4.69, 9.17) is 0 Å². The summed E-state index contributed by atoms with van der Waals surface area (Å²) in [6.45, 7) is 7.11. The first-order valence-electron chi connectivity index (χ1n) is 7.79. The van der Waals surface area contributed by atoms with Gasteiger partial charge >= 0.3 is 0 Å². The van der Waals surface area contributed by atoms with Crippen molar-refractivity contribution in [3.63, 3.8) is 0 Å². The molecule has 3 rings (SSSR count). The molecule has 21 heavy (non-hydrogen) atoms. The van der Waals surface area contributed by atoms with Crippen LogP contribution in [0.15, 0.2) is 12.3 Å². The summed E-state index contributed by atoms with van der Waals surface area (Å²) in [4.78, 5) is 21.8. The maximum Gasteiger partial charge on any atom is 0.257 e. The zero-order chi connectivity index (χ0) is 15.0. The largest absolute Gasteiger partial charge is 0.387 e. The fraction of sp³-hybridized carbons (Fsp3) is 0.625. The number of fused-ring (bicyclic) bond motifs is 1. The average Bonchev–Trinajstić information content (AvgIpc) is 2.92. The number of amides is 1. The van der Waals surface area contributed by atoms with Crippen LogP contribution in [0.3, 0.4) is 0 Å². The molecule has 2 atom stereocenters. The van der Waals surface area contributed by atoms with Crippen LogP contribution in [-0.4, -0.2) is 59.5 Å². The van der Waals surface area contributed by atoms with Gasteiger partial charge in [0.25, 0.3) is 5.91 Å². The molecule has 1 N–H and O–H groups in total. The molecule has 0 aromatic carbocycles. The van der Waals surface area contributed by atoms with Crippen molar-refractivity contribution >= 4 is 11.6 Å². The monoisotopic (exact) mass is 288 g/mol. The molecular formula is C16H24N4O. The zero-order valence-corrected chi connectivity index (χ0v) is 13.1. The highest BCUT2D eigenvalue weighted by Crippen LogP contribution is 2.27. The lowest BCUT2D eigenvalue weighted by Gasteiger charge is -2.42. The van der Waals surface area contributed by atoms with Crippen LogP contribution in [0.2, 0.25) is 0 Å². The van der Waals surface area contributed by atoms with Crippen LogP contribution in [0.1, 0.15) is 35.8 Å². The van der Waals surface area contributed by atoms with Gasteiger partial charge in [0.1, 0.15) is 0 Å². The molecule has 0 bridgehead atoms. The maximum absolute atomic E-state index is 12.9. The first-order chi connectivity index (χ1) is 10.1. The number of rotatable bonds is 2. The van der Waals surface area contributed by atoms with Gasteiger partial charge in [0.05, 0.1) is 11.3 Å². The predicted octanol–water partition coefficient (Wildman–Crippen LogP) is 1.74. The summed E-state index contributed by atoms with van der Waals surface area (Å²) >= 11 is 0. The SMILES string of the molecule is CNc1cc(C)ncc1C(=O)N1CC2CCCN2CC1C. The quantitative estimate of drug-likeness (QED) is 0.900. The number of anilines is 1. The topological polar surface area (TPSA) is 48.5 Å². The van der Waals surface area contributed by atoms with Gasteiger partial charge in [0.15, 0.2) is 0 Å². The van der Waals surface area contributed by atoms with Crippen molar-refractivity contribution in [1.29, 1.82) is 0 Å². The van der Waals surface area contributed by atoms with Gasteiger partial charge < -0.3 is 10.2 Å². The molecule has 114 valence electrons. The number of aryl methyl sites for hydroxylation is 1. The first-order valence-corrected chi connectivity index (χ1v) is 7.79.